The first-order valence-corrected chi connectivity index (χ1v) is 3.81. The molecule has 1 aliphatic rings. The first-order chi connectivity index (χ1) is 5.68. The fourth-order valence-electron chi connectivity index (χ4n) is 0.697. The molecule has 1 fully saturated rings. The second-order valence-corrected chi connectivity index (χ2v) is 2.72. The summed E-state index contributed by atoms with van der Waals surface area (Å²) in [5, 5.41) is 0. The number of carbonyl (C=O) groups excluding carboxylic acids is 1. The first-order valence-electron chi connectivity index (χ1n) is 3.81. The van der Waals surface area contributed by atoms with Crippen molar-refractivity contribution in [1.82, 2.24) is 0 Å². The van der Waals surface area contributed by atoms with Crippen molar-refractivity contribution < 1.29 is 18.3 Å². The average Bonchev–Trinajstić information content (AvgIpc) is 2.80. The van der Waals surface area contributed by atoms with Gasteiger partial charge in [0.05, 0.1) is 0 Å². The highest BCUT2D eigenvalue weighted by atomic mass is 19.3. The Morgan fingerprint density at radius 2 is 2.25 bits per heavy atom. The molecule has 0 saturated heterocycles. The Kier molecular flexibility index (Phi) is 3.19. The maximum atomic E-state index is 11.5. The van der Waals surface area contributed by atoms with E-state index in [1.807, 2.05) is 0 Å². The van der Waals surface area contributed by atoms with Crippen LogP contribution in [0.15, 0.2) is 12.2 Å². The lowest BCUT2D eigenvalue weighted by atomic mass is 10.4. The van der Waals surface area contributed by atoms with Crippen molar-refractivity contribution in [2.45, 2.75) is 19.3 Å². The van der Waals surface area contributed by atoms with E-state index in [2.05, 4.69) is 4.74 Å². The normalized spacial score (nSPS) is 17.2. The molecular formula is C8H10F2O2. The van der Waals surface area contributed by atoms with Gasteiger partial charge in [0.1, 0.15) is 0 Å². The Morgan fingerprint density at radius 3 is 2.75 bits per heavy atom. The van der Waals surface area contributed by atoms with Gasteiger partial charge < -0.3 is 4.74 Å². The molecule has 4 heteroatoms. The van der Waals surface area contributed by atoms with Crippen LogP contribution in [0.5, 0.6) is 0 Å². The fraction of sp³-hybridized carbons (Fsp3) is 0.625. The monoisotopic (exact) mass is 176 g/mol. The SMILES string of the molecule is O=C(/C=C\C1CC1)OCC(F)F. The zero-order valence-electron chi connectivity index (χ0n) is 6.50. The van der Waals surface area contributed by atoms with Gasteiger partial charge >= 0.3 is 5.97 Å². The Labute approximate surface area is 69.2 Å². The molecule has 1 rings (SSSR count). The molecule has 0 unspecified atom stereocenters. The van der Waals surface area contributed by atoms with Crippen LogP contribution in [0, 0.1) is 5.92 Å². The van der Waals surface area contributed by atoms with Crippen molar-refractivity contribution in [3.8, 4) is 0 Å². The van der Waals surface area contributed by atoms with E-state index in [-0.39, 0.29) is 0 Å². The van der Waals surface area contributed by atoms with Gasteiger partial charge in [-0.15, -0.1) is 0 Å². The standard InChI is InChI=1S/C8H10F2O2/c9-7(10)5-12-8(11)4-3-6-1-2-6/h3-4,6-7H,1-2,5H2/b4-3-. The maximum Gasteiger partial charge on any atom is 0.330 e. The molecule has 0 atom stereocenters. The van der Waals surface area contributed by atoms with E-state index in [0.717, 1.165) is 12.8 Å². The van der Waals surface area contributed by atoms with Crippen LogP contribution < -0.4 is 0 Å². The minimum absolute atomic E-state index is 0.462. The number of esters is 1. The number of halogens is 2. The van der Waals surface area contributed by atoms with Crippen molar-refractivity contribution in [2.24, 2.45) is 5.92 Å². The van der Waals surface area contributed by atoms with Crippen LogP contribution in [0.2, 0.25) is 0 Å². The van der Waals surface area contributed by atoms with Gasteiger partial charge in [-0.05, 0) is 18.8 Å². The molecule has 0 N–H and O–H groups in total. The Balaban J connectivity index is 2.10. The summed E-state index contributed by atoms with van der Waals surface area (Å²) in [5.74, 6) is -0.216. The maximum absolute atomic E-state index is 11.5. The third kappa shape index (κ3) is 4.05. The van der Waals surface area contributed by atoms with Crippen molar-refractivity contribution in [1.29, 1.82) is 0 Å². The summed E-state index contributed by atoms with van der Waals surface area (Å²) < 4.78 is 27.2. The summed E-state index contributed by atoms with van der Waals surface area (Å²) in [6.07, 6.45) is 2.51. The molecule has 68 valence electrons. The summed E-state index contributed by atoms with van der Waals surface area (Å²) in [7, 11) is 0. The lowest BCUT2D eigenvalue weighted by Gasteiger charge is -1.98. The molecule has 0 aliphatic heterocycles. The van der Waals surface area contributed by atoms with Crippen LogP contribution in [0.25, 0.3) is 0 Å². The Hall–Kier alpha value is -0.930. The minimum Gasteiger partial charge on any atom is -0.456 e. The quantitative estimate of drug-likeness (QED) is 0.482. The smallest absolute Gasteiger partial charge is 0.330 e. The highest BCUT2D eigenvalue weighted by molar-refractivity contribution is 5.81. The second kappa shape index (κ2) is 4.18. The predicted octanol–water partition coefficient (Wildman–Crippen LogP) is 1.76. The number of hydrogen-bond donors (Lipinski definition) is 0. The number of allylic oxidation sites excluding steroid dienone is 1. The average molecular weight is 176 g/mol. The molecule has 0 heterocycles. The topological polar surface area (TPSA) is 26.3 Å². The largest absolute Gasteiger partial charge is 0.456 e. The van der Waals surface area contributed by atoms with Crippen LogP contribution in [0.1, 0.15) is 12.8 Å². The van der Waals surface area contributed by atoms with Gasteiger partial charge in [0.2, 0.25) is 0 Å². The second-order valence-electron chi connectivity index (χ2n) is 2.72. The van der Waals surface area contributed by atoms with Crippen molar-refractivity contribution in [3.63, 3.8) is 0 Å². The third-order valence-corrected chi connectivity index (χ3v) is 1.48. The molecule has 12 heavy (non-hydrogen) atoms. The molecule has 0 radical (unpaired) electrons. The summed E-state index contributed by atoms with van der Waals surface area (Å²) in [6, 6.07) is 0. The molecule has 0 bridgehead atoms. The summed E-state index contributed by atoms with van der Waals surface area (Å²) in [4.78, 5) is 10.6. The van der Waals surface area contributed by atoms with Gasteiger partial charge in [0.25, 0.3) is 6.43 Å². The molecule has 0 aromatic carbocycles. The molecular weight excluding hydrogens is 166 g/mol. The molecule has 0 aromatic rings. The molecule has 2 nitrogen and oxygen atoms in total. The summed E-state index contributed by atoms with van der Waals surface area (Å²) in [6.45, 7) is -0.812. The van der Waals surface area contributed by atoms with E-state index in [4.69, 9.17) is 0 Å². The van der Waals surface area contributed by atoms with Crippen LogP contribution in [0.4, 0.5) is 8.78 Å². The predicted molar refractivity (Wildman–Crippen MR) is 38.8 cm³/mol. The van der Waals surface area contributed by atoms with Crippen molar-refractivity contribution in [2.75, 3.05) is 6.61 Å². The third-order valence-electron chi connectivity index (χ3n) is 1.48. The minimum atomic E-state index is -2.58. The number of carbonyl (C=O) groups is 1. The van der Waals surface area contributed by atoms with Crippen LogP contribution in [0.3, 0.4) is 0 Å². The lowest BCUT2D eigenvalue weighted by Crippen LogP contribution is -2.08. The number of alkyl halides is 2. The van der Waals surface area contributed by atoms with Gasteiger partial charge in [-0.25, -0.2) is 13.6 Å². The van der Waals surface area contributed by atoms with E-state index in [0.29, 0.717) is 5.92 Å². The van der Waals surface area contributed by atoms with Crippen LogP contribution in [-0.4, -0.2) is 19.0 Å². The van der Waals surface area contributed by atoms with Crippen molar-refractivity contribution >= 4 is 5.97 Å². The van der Waals surface area contributed by atoms with Gasteiger partial charge in [-0.2, -0.15) is 0 Å². The zero-order chi connectivity index (χ0) is 8.97. The Morgan fingerprint density at radius 1 is 1.58 bits per heavy atom. The van der Waals surface area contributed by atoms with Crippen LogP contribution in [-0.2, 0) is 9.53 Å². The molecule has 0 spiro atoms. The number of hydrogen-bond acceptors (Lipinski definition) is 2. The van der Waals surface area contributed by atoms with Crippen LogP contribution >= 0.6 is 0 Å². The first kappa shape index (κ1) is 9.16. The Bertz CT molecular complexity index is 185. The number of rotatable bonds is 4. The molecule has 1 aliphatic carbocycles. The van der Waals surface area contributed by atoms with E-state index in [1.54, 1.807) is 6.08 Å². The molecule has 1 saturated carbocycles. The van der Waals surface area contributed by atoms with Gasteiger partial charge in [0.15, 0.2) is 6.61 Å². The molecule has 0 amide bonds. The van der Waals surface area contributed by atoms with E-state index >= 15 is 0 Å². The van der Waals surface area contributed by atoms with Gasteiger partial charge in [-0.1, -0.05) is 6.08 Å². The van der Waals surface area contributed by atoms with E-state index < -0.39 is 19.0 Å². The van der Waals surface area contributed by atoms with E-state index in [9.17, 15) is 13.6 Å². The van der Waals surface area contributed by atoms with Gasteiger partial charge in [0, 0.05) is 6.08 Å². The fourth-order valence-corrected chi connectivity index (χ4v) is 0.697. The lowest BCUT2D eigenvalue weighted by molar-refractivity contribution is -0.141. The van der Waals surface area contributed by atoms with Gasteiger partial charge in [-0.3, -0.25) is 0 Å². The van der Waals surface area contributed by atoms with E-state index in [1.165, 1.54) is 6.08 Å². The highest BCUT2D eigenvalue weighted by Gasteiger charge is 2.17. The van der Waals surface area contributed by atoms with Crippen molar-refractivity contribution in [3.05, 3.63) is 12.2 Å². The number of ether oxygens (including phenoxy) is 1. The molecule has 0 aromatic heterocycles. The summed E-state index contributed by atoms with van der Waals surface area (Å²) >= 11 is 0. The highest BCUT2D eigenvalue weighted by Crippen LogP contribution is 2.29. The summed E-state index contributed by atoms with van der Waals surface area (Å²) in [5.41, 5.74) is 0. The zero-order valence-corrected chi connectivity index (χ0v) is 6.50.